The molecule has 2 aromatic carbocycles. The maximum atomic E-state index is 14.5. The summed E-state index contributed by atoms with van der Waals surface area (Å²) in [6, 6.07) is 13.6. The van der Waals surface area contributed by atoms with Gasteiger partial charge in [0.25, 0.3) is 5.91 Å². The van der Waals surface area contributed by atoms with E-state index in [4.69, 9.17) is 10.5 Å². The van der Waals surface area contributed by atoms with Crippen LogP contribution in [-0.4, -0.2) is 65.5 Å². The highest BCUT2D eigenvalue weighted by Gasteiger charge is 2.41. The lowest BCUT2D eigenvalue weighted by atomic mass is 9.76. The molecule has 0 radical (unpaired) electrons. The molecule has 4 rings (SSSR count). The molecule has 1 fully saturated rings. The van der Waals surface area contributed by atoms with Gasteiger partial charge < -0.3 is 31.5 Å². The van der Waals surface area contributed by atoms with E-state index in [0.717, 1.165) is 43.2 Å². The highest BCUT2D eigenvalue weighted by molar-refractivity contribution is 5.95. The Balaban J connectivity index is 1.56. The molecular formula is C39H56N4O6. The van der Waals surface area contributed by atoms with Crippen LogP contribution in [0.25, 0.3) is 0 Å². The largest absolute Gasteiger partial charge is 0.480 e. The van der Waals surface area contributed by atoms with E-state index in [-0.39, 0.29) is 30.0 Å². The fraction of sp³-hybridized carbons (Fsp3) is 0.590. The molecule has 10 heteroatoms. The first-order valence-corrected chi connectivity index (χ1v) is 18.1. The van der Waals surface area contributed by atoms with E-state index in [9.17, 15) is 24.3 Å². The van der Waals surface area contributed by atoms with Crippen molar-refractivity contribution in [1.82, 2.24) is 16.0 Å². The molecule has 1 saturated carbocycles. The van der Waals surface area contributed by atoms with Crippen LogP contribution in [-0.2, 0) is 32.0 Å². The number of benzene rings is 2. The van der Waals surface area contributed by atoms with Crippen molar-refractivity contribution in [2.45, 2.75) is 116 Å². The number of amides is 3. The Morgan fingerprint density at radius 2 is 1.53 bits per heavy atom. The van der Waals surface area contributed by atoms with E-state index >= 15 is 0 Å². The Morgan fingerprint density at radius 3 is 2.18 bits per heavy atom. The van der Waals surface area contributed by atoms with Gasteiger partial charge in [0, 0.05) is 25.3 Å². The molecule has 0 aromatic heterocycles. The molecule has 1 aliphatic heterocycles. The number of nitrogens with one attached hydrogen (secondary N) is 3. The number of ketones is 1. The summed E-state index contributed by atoms with van der Waals surface area (Å²) in [4.78, 5) is 55.1. The predicted molar refractivity (Wildman–Crippen MR) is 190 cm³/mol. The van der Waals surface area contributed by atoms with Crippen LogP contribution in [0.2, 0.25) is 0 Å². The second-order valence-electron chi connectivity index (χ2n) is 14.8. The summed E-state index contributed by atoms with van der Waals surface area (Å²) >= 11 is 0. The number of carbonyl (C=O) groups is 4. The van der Waals surface area contributed by atoms with E-state index in [0.29, 0.717) is 31.6 Å². The van der Waals surface area contributed by atoms with Gasteiger partial charge in [-0.3, -0.25) is 19.2 Å². The summed E-state index contributed by atoms with van der Waals surface area (Å²) in [5.74, 6) is -1.64. The SMILES string of the molecule is CC(C)CNC(=O)C(N)[C@@H](O)[C@H](CC1CCCCC1)C(=O)[C@H](CC(C)C)NC(=O)[C@H](Cc1ccccc1)NC(=O)C1Cc2ccccc2O1. The third kappa shape index (κ3) is 11.1. The first-order valence-electron chi connectivity index (χ1n) is 18.1. The predicted octanol–water partition coefficient (Wildman–Crippen LogP) is 3.86. The zero-order valence-corrected chi connectivity index (χ0v) is 29.5. The second-order valence-corrected chi connectivity index (χ2v) is 14.8. The van der Waals surface area contributed by atoms with E-state index in [1.807, 2.05) is 82.3 Å². The highest BCUT2D eigenvalue weighted by Crippen LogP contribution is 2.32. The lowest BCUT2D eigenvalue weighted by molar-refractivity contribution is -0.137. The van der Waals surface area contributed by atoms with Crippen LogP contribution >= 0.6 is 0 Å². The maximum Gasteiger partial charge on any atom is 0.262 e. The number of hydrogen-bond acceptors (Lipinski definition) is 7. The summed E-state index contributed by atoms with van der Waals surface area (Å²) in [5.41, 5.74) is 8.08. The smallest absolute Gasteiger partial charge is 0.262 e. The van der Waals surface area contributed by atoms with Crippen molar-refractivity contribution in [3.8, 4) is 5.75 Å². The molecule has 6 atom stereocenters. The Hall–Kier alpha value is -3.76. The molecule has 1 heterocycles. The van der Waals surface area contributed by atoms with E-state index in [2.05, 4.69) is 16.0 Å². The van der Waals surface area contributed by atoms with Gasteiger partial charge in [-0.05, 0) is 47.8 Å². The molecule has 3 amide bonds. The number of aliphatic hydroxyl groups excluding tert-OH is 1. The summed E-state index contributed by atoms with van der Waals surface area (Å²) in [5, 5.41) is 20.2. The van der Waals surface area contributed by atoms with Gasteiger partial charge in [0.05, 0.1) is 12.1 Å². The molecule has 49 heavy (non-hydrogen) atoms. The van der Waals surface area contributed by atoms with Gasteiger partial charge in [-0.2, -0.15) is 0 Å². The van der Waals surface area contributed by atoms with Gasteiger partial charge in [-0.25, -0.2) is 0 Å². The summed E-state index contributed by atoms with van der Waals surface area (Å²) in [6.45, 7) is 8.25. The standard InChI is InChI=1S/C39H56N4O6/c1-24(2)19-30(35(44)29(20-26-13-7-5-8-14-26)36(45)34(40)39(48)41-23-25(3)4)42-37(46)31(21-27-15-9-6-10-16-27)43-38(47)33-22-28-17-11-12-18-32(28)49-33/h6,9-12,15-18,24-26,29-31,33-34,36,45H,5,7-8,13-14,19-23,40H2,1-4H3,(H,41,48)(H,42,46)(H,43,47)/t29-,30+,31+,33?,34?,36+/m1/s1. The van der Waals surface area contributed by atoms with Crippen LogP contribution in [0.1, 0.15) is 83.8 Å². The van der Waals surface area contributed by atoms with Crippen LogP contribution in [0.5, 0.6) is 5.75 Å². The first kappa shape index (κ1) is 38.0. The van der Waals surface area contributed by atoms with Crippen molar-refractivity contribution < 1.29 is 29.0 Å². The lowest BCUT2D eigenvalue weighted by Gasteiger charge is -2.34. The number of hydrogen-bond donors (Lipinski definition) is 5. The van der Waals surface area contributed by atoms with Gasteiger partial charge in [0.15, 0.2) is 11.9 Å². The average Bonchev–Trinajstić information content (AvgIpc) is 3.53. The minimum absolute atomic E-state index is 0.0253. The third-order valence-electron chi connectivity index (χ3n) is 9.67. The number of para-hydroxylation sites is 1. The topological polar surface area (TPSA) is 160 Å². The van der Waals surface area contributed by atoms with Crippen LogP contribution in [0, 0.1) is 23.7 Å². The van der Waals surface area contributed by atoms with Gasteiger partial charge in [-0.1, -0.05) is 108 Å². The highest BCUT2D eigenvalue weighted by atomic mass is 16.5. The molecule has 6 N–H and O–H groups in total. The normalized spacial score (nSPS) is 19.2. The van der Waals surface area contributed by atoms with Crippen LogP contribution in [0.3, 0.4) is 0 Å². The lowest BCUT2D eigenvalue weighted by Crippen LogP contribution is -2.58. The fourth-order valence-corrected chi connectivity index (χ4v) is 6.93. The molecule has 0 spiro atoms. The third-order valence-corrected chi connectivity index (χ3v) is 9.67. The number of carbonyl (C=O) groups excluding carboxylic acids is 4. The summed E-state index contributed by atoms with van der Waals surface area (Å²) in [6.07, 6.45) is 4.20. The number of aliphatic hydroxyl groups is 1. The van der Waals surface area contributed by atoms with Crippen molar-refractivity contribution in [3.63, 3.8) is 0 Å². The quantitative estimate of drug-likeness (QED) is 0.170. The number of fused-ring (bicyclic) bond motifs is 1. The zero-order chi connectivity index (χ0) is 35.5. The molecule has 2 unspecified atom stereocenters. The molecule has 10 nitrogen and oxygen atoms in total. The van der Waals surface area contributed by atoms with Crippen LogP contribution < -0.4 is 26.4 Å². The Bertz CT molecular complexity index is 1370. The Kier molecular flexibility index (Phi) is 14.2. The van der Waals surface area contributed by atoms with E-state index in [1.54, 1.807) is 0 Å². The number of nitrogens with two attached hydrogens (primary N) is 1. The minimum atomic E-state index is -1.42. The van der Waals surface area contributed by atoms with Crippen molar-refractivity contribution in [3.05, 3.63) is 65.7 Å². The number of ether oxygens (including phenoxy) is 1. The van der Waals surface area contributed by atoms with Crippen molar-refractivity contribution >= 4 is 23.5 Å². The zero-order valence-electron chi connectivity index (χ0n) is 29.5. The second kappa shape index (κ2) is 18.3. The van der Waals surface area contributed by atoms with Crippen molar-refractivity contribution in [2.24, 2.45) is 29.4 Å². The summed E-state index contributed by atoms with van der Waals surface area (Å²) < 4.78 is 5.90. The summed E-state index contributed by atoms with van der Waals surface area (Å²) in [7, 11) is 0. The van der Waals surface area contributed by atoms with Crippen LogP contribution in [0.15, 0.2) is 54.6 Å². The van der Waals surface area contributed by atoms with Gasteiger partial charge in [0.2, 0.25) is 11.8 Å². The Morgan fingerprint density at radius 1 is 0.857 bits per heavy atom. The molecule has 0 bridgehead atoms. The fourth-order valence-electron chi connectivity index (χ4n) is 6.93. The van der Waals surface area contributed by atoms with Gasteiger partial charge >= 0.3 is 0 Å². The number of Topliss-reactive ketones (excluding diaryl/α,β-unsaturated/α-hetero) is 1. The first-order chi connectivity index (χ1) is 23.4. The van der Waals surface area contributed by atoms with E-state index < -0.39 is 54.0 Å². The van der Waals surface area contributed by atoms with Crippen LogP contribution in [0.4, 0.5) is 0 Å². The average molecular weight is 677 g/mol. The molecule has 2 aromatic rings. The van der Waals surface area contributed by atoms with Gasteiger partial charge in [-0.15, -0.1) is 0 Å². The molecule has 0 saturated heterocycles. The van der Waals surface area contributed by atoms with Crippen molar-refractivity contribution in [2.75, 3.05) is 6.54 Å². The van der Waals surface area contributed by atoms with Gasteiger partial charge in [0.1, 0.15) is 17.8 Å². The molecule has 268 valence electrons. The molecule has 2 aliphatic rings. The molecule has 1 aliphatic carbocycles. The monoisotopic (exact) mass is 676 g/mol. The van der Waals surface area contributed by atoms with Crippen molar-refractivity contribution in [1.29, 1.82) is 0 Å². The maximum absolute atomic E-state index is 14.5. The molecular weight excluding hydrogens is 620 g/mol. The number of rotatable bonds is 17. The minimum Gasteiger partial charge on any atom is -0.480 e. The Labute approximate surface area is 291 Å². The van der Waals surface area contributed by atoms with E-state index in [1.165, 1.54) is 0 Å².